The monoisotopic (exact) mass is 371 g/mol. The smallest absolute Gasteiger partial charge is 0.165 e. The zero-order valence-corrected chi connectivity index (χ0v) is 16.7. The Morgan fingerprint density at radius 3 is 2.96 bits per heavy atom. The lowest BCUT2D eigenvalue weighted by atomic mass is 9.95. The van der Waals surface area contributed by atoms with Crippen molar-refractivity contribution in [3.8, 4) is 11.5 Å². The van der Waals surface area contributed by atoms with Crippen LogP contribution in [0.15, 0.2) is 18.2 Å². The number of unbranched alkanes of at least 4 members (excludes halogenated alkanes) is 2. The number of rotatable bonds is 5. The average Bonchev–Trinajstić information content (AvgIpc) is 2.96. The van der Waals surface area contributed by atoms with E-state index in [1.807, 2.05) is 0 Å². The SMILES string of the molecule is CCCCCc1cc2c(s1)CCN1Cc3c(ccc(O)c3OC)CC[C@@H]21. The molecule has 2 aliphatic rings. The number of thiophene rings is 1. The van der Waals surface area contributed by atoms with E-state index in [2.05, 4.69) is 35.3 Å². The standard InChI is InChI=1S/C22H29NO2S/c1-3-4-5-6-16-13-17-19-9-7-15-8-10-20(24)22(25-2)18(15)14-23(19)12-11-21(17)26-16/h8,10,13,19,24H,3-7,9,11-12,14H2,1-2H3/t19-/m0/s1. The third-order valence-corrected chi connectivity index (χ3v) is 7.20. The van der Waals surface area contributed by atoms with E-state index in [1.165, 1.54) is 36.8 Å². The Kier molecular flexibility index (Phi) is 5.23. The van der Waals surface area contributed by atoms with Gasteiger partial charge in [0.25, 0.3) is 0 Å². The molecule has 0 unspecified atom stereocenters. The predicted molar refractivity (Wildman–Crippen MR) is 107 cm³/mol. The molecule has 0 saturated carbocycles. The van der Waals surface area contributed by atoms with Gasteiger partial charge in [-0.05, 0) is 55.4 Å². The van der Waals surface area contributed by atoms with Gasteiger partial charge in [0.2, 0.25) is 0 Å². The number of phenols is 1. The van der Waals surface area contributed by atoms with Crippen molar-refractivity contribution < 1.29 is 9.84 Å². The highest BCUT2D eigenvalue weighted by molar-refractivity contribution is 7.12. The molecule has 0 fully saturated rings. The fourth-order valence-electron chi connectivity index (χ4n) is 4.56. The summed E-state index contributed by atoms with van der Waals surface area (Å²) in [5.41, 5.74) is 4.08. The lowest BCUT2D eigenvalue weighted by Crippen LogP contribution is -2.33. The summed E-state index contributed by atoms with van der Waals surface area (Å²) in [5, 5.41) is 10.2. The van der Waals surface area contributed by atoms with E-state index in [0.29, 0.717) is 11.8 Å². The predicted octanol–water partition coefficient (Wildman–Crippen LogP) is 5.24. The third kappa shape index (κ3) is 3.25. The molecule has 0 radical (unpaired) electrons. The van der Waals surface area contributed by atoms with Crippen molar-refractivity contribution in [3.63, 3.8) is 0 Å². The van der Waals surface area contributed by atoms with Crippen molar-refractivity contribution in [3.05, 3.63) is 44.6 Å². The van der Waals surface area contributed by atoms with E-state index in [0.717, 1.165) is 32.4 Å². The van der Waals surface area contributed by atoms with Gasteiger partial charge in [0.1, 0.15) is 0 Å². The first-order valence-electron chi connectivity index (χ1n) is 9.94. The molecule has 1 N–H and O–H groups in total. The molecule has 1 aromatic heterocycles. The van der Waals surface area contributed by atoms with Gasteiger partial charge < -0.3 is 9.84 Å². The number of hydrogen-bond donors (Lipinski definition) is 1. The zero-order valence-electron chi connectivity index (χ0n) is 15.9. The second-order valence-corrected chi connectivity index (χ2v) is 8.80. The molecule has 4 rings (SSSR count). The maximum atomic E-state index is 10.2. The normalized spacial score (nSPS) is 19.4. The molecule has 4 heteroatoms. The van der Waals surface area contributed by atoms with Gasteiger partial charge in [0.15, 0.2) is 11.5 Å². The largest absolute Gasteiger partial charge is 0.504 e. The first-order chi connectivity index (χ1) is 12.7. The van der Waals surface area contributed by atoms with E-state index in [4.69, 9.17) is 4.74 Å². The topological polar surface area (TPSA) is 32.7 Å². The summed E-state index contributed by atoms with van der Waals surface area (Å²) in [6.45, 7) is 4.25. The first kappa shape index (κ1) is 17.9. The van der Waals surface area contributed by atoms with Crippen LogP contribution in [0.5, 0.6) is 11.5 Å². The molecule has 3 nitrogen and oxygen atoms in total. The number of ether oxygens (including phenoxy) is 1. The fourth-order valence-corrected chi connectivity index (χ4v) is 5.82. The van der Waals surface area contributed by atoms with Crippen LogP contribution in [-0.4, -0.2) is 23.7 Å². The van der Waals surface area contributed by atoms with Crippen LogP contribution in [-0.2, 0) is 25.8 Å². The van der Waals surface area contributed by atoms with Gasteiger partial charge in [-0.2, -0.15) is 0 Å². The molecule has 0 amide bonds. The number of aromatic hydroxyl groups is 1. The molecule has 1 aromatic carbocycles. The van der Waals surface area contributed by atoms with Gasteiger partial charge in [-0.1, -0.05) is 25.8 Å². The number of aryl methyl sites for hydroxylation is 2. The molecule has 3 heterocycles. The van der Waals surface area contributed by atoms with Crippen molar-refractivity contribution in [2.75, 3.05) is 13.7 Å². The van der Waals surface area contributed by atoms with Gasteiger partial charge in [0.05, 0.1) is 7.11 Å². The molecule has 140 valence electrons. The summed E-state index contributed by atoms with van der Waals surface area (Å²) in [6, 6.07) is 6.87. The van der Waals surface area contributed by atoms with Gasteiger partial charge in [-0.25, -0.2) is 0 Å². The molecule has 0 bridgehead atoms. The number of methoxy groups -OCH3 is 1. The molecule has 2 aromatic rings. The Morgan fingerprint density at radius 1 is 1.27 bits per heavy atom. The lowest BCUT2D eigenvalue weighted by molar-refractivity contribution is 0.173. The van der Waals surface area contributed by atoms with Crippen molar-refractivity contribution in [2.45, 2.75) is 64.5 Å². The maximum Gasteiger partial charge on any atom is 0.165 e. The zero-order chi connectivity index (χ0) is 18.1. The summed E-state index contributed by atoms with van der Waals surface area (Å²) >= 11 is 2.05. The van der Waals surface area contributed by atoms with E-state index in [9.17, 15) is 5.11 Å². The Hall–Kier alpha value is -1.52. The maximum absolute atomic E-state index is 10.2. The average molecular weight is 372 g/mol. The second kappa shape index (κ2) is 7.61. The van der Waals surface area contributed by atoms with Crippen LogP contribution in [0.2, 0.25) is 0 Å². The molecule has 0 saturated heterocycles. The Balaban J connectivity index is 1.60. The molecular formula is C22H29NO2S. The summed E-state index contributed by atoms with van der Waals surface area (Å²) in [4.78, 5) is 5.78. The minimum atomic E-state index is 0.260. The van der Waals surface area contributed by atoms with Crippen LogP contribution in [0.25, 0.3) is 0 Å². The van der Waals surface area contributed by atoms with Crippen molar-refractivity contribution >= 4 is 11.3 Å². The quantitative estimate of drug-likeness (QED) is 0.730. The van der Waals surface area contributed by atoms with Crippen LogP contribution in [0.1, 0.15) is 65.1 Å². The van der Waals surface area contributed by atoms with Gasteiger partial charge in [-0.15, -0.1) is 11.3 Å². The van der Waals surface area contributed by atoms with E-state index >= 15 is 0 Å². The van der Waals surface area contributed by atoms with Gasteiger partial charge in [-0.3, -0.25) is 4.90 Å². The van der Waals surface area contributed by atoms with Crippen molar-refractivity contribution in [1.82, 2.24) is 4.90 Å². The van der Waals surface area contributed by atoms with Crippen LogP contribution in [0.4, 0.5) is 0 Å². The molecule has 1 atom stereocenters. The van der Waals surface area contributed by atoms with Gasteiger partial charge in [0, 0.05) is 34.4 Å². The highest BCUT2D eigenvalue weighted by Gasteiger charge is 2.33. The van der Waals surface area contributed by atoms with Gasteiger partial charge >= 0.3 is 0 Å². The summed E-state index contributed by atoms with van der Waals surface area (Å²) in [6.07, 6.45) is 8.52. The number of hydrogen-bond acceptors (Lipinski definition) is 4. The molecule has 0 spiro atoms. The third-order valence-electron chi connectivity index (χ3n) is 5.93. The Morgan fingerprint density at radius 2 is 2.15 bits per heavy atom. The Bertz CT molecular complexity index is 783. The van der Waals surface area contributed by atoms with E-state index < -0.39 is 0 Å². The van der Waals surface area contributed by atoms with E-state index in [-0.39, 0.29) is 5.75 Å². The fraction of sp³-hybridized carbons (Fsp3) is 0.545. The highest BCUT2D eigenvalue weighted by atomic mass is 32.1. The van der Waals surface area contributed by atoms with Crippen molar-refractivity contribution in [2.24, 2.45) is 0 Å². The lowest BCUT2D eigenvalue weighted by Gasteiger charge is -2.34. The molecule has 26 heavy (non-hydrogen) atoms. The summed E-state index contributed by atoms with van der Waals surface area (Å²) in [7, 11) is 1.66. The van der Waals surface area contributed by atoms with E-state index in [1.54, 1.807) is 28.5 Å². The van der Waals surface area contributed by atoms with Crippen LogP contribution >= 0.6 is 11.3 Å². The first-order valence-corrected chi connectivity index (χ1v) is 10.8. The molecular weight excluding hydrogens is 342 g/mol. The summed E-state index contributed by atoms with van der Waals surface area (Å²) in [5.74, 6) is 0.927. The number of nitrogens with zero attached hydrogens (tertiary/aromatic N) is 1. The Labute approximate surface area is 160 Å². The minimum Gasteiger partial charge on any atom is -0.504 e. The van der Waals surface area contributed by atoms with Crippen LogP contribution in [0, 0.1) is 0 Å². The summed E-state index contributed by atoms with van der Waals surface area (Å²) < 4.78 is 5.53. The number of phenolic OH excluding ortho intramolecular Hbond substituents is 1. The van der Waals surface area contributed by atoms with Crippen LogP contribution in [0.3, 0.4) is 0 Å². The second-order valence-electron chi connectivity index (χ2n) is 7.58. The molecule has 0 aliphatic carbocycles. The minimum absolute atomic E-state index is 0.260. The van der Waals surface area contributed by atoms with Crippen molar-refractivity contribution in [1.29, 1.82) is 0 Å². The highest BCUT2D eigenvalue weighted by Crippen LogP contribution is 2.44. The number of benzene rings is 1. The molecule has 2 aliphatic heterocycles. The number of fused-ring (bicyclic) bond motifs is 4. The van der Waals surface area contributed by atoms with Crippen LogP contribution < -0.4 is 4.74 Å².